The van der Waals surface area contributed by atoms with Crippen LogP contribution in [-0.2, 0) is 6.54 Å². The van der Waals surface area contributed by atoms with Crippen LogP contribution in [0.5, 0.6) is 0 Å². The number of pyridine rings is 1. The van der Waals surface area contributed by atoms with Crippen LogP contribution < -0.4 is 15.5 Å². The first-order valence-electron chi connectivity index (χ1n) is 8.00. The third-order valence-corrected chi connectivity index (χ3v) is 5.06. The summed E-state index contributed by atoms with van der Waals surface area (Å²) in [4.78, 5) is 19.9. The van der Waals surface area contributed by atoms with Gasteiger partial charge in [-0.25, -0.2) is 9.78 Å². The number of carbonyl (C=O) groups is 1. The molecule has 0 saturated carbocycles. The largest absolute Gasteiger partial charge is 0.357 e. The summed E-state index contributed by atoms with van der Waals surface area (Å²) in [6.45, 7) is 4.65. The molecule has 5 nitrogen and oxygen atoms in total. The molecule has 0 bridgehead atoms. The zero-order valence-corrected chi connectivity index (χ0v) is 14.1. The van der Waals surface area contributed by atoms with Crippen molar-refractivity contribution in [2.24, 2.45) is 0 Å². The Hall–Kier alpha value is -2.08. The van der Waals surface area contributed by atoms with E-state index in [1.165, 1.54) is 12.8 Å². The van der Waals surface area contributed by atoms with E-state index in [4.69, 9.17) is 0 Å². The molecule has 1 atom stereocenters. The van der Waals surface area contributed by atoms with Crippen molar-refractivity contribution in [1.82, 2.24) is 15.6 Å². The fourth-order valence-electron chi connectivity index (χ4n) is 2.69. The van der Waals surface area contributed by atoms with Crippen molar-refractivity contribution in [3.05, 3.63) is 46.3 Å². The van der Waals surface area contributed by atoms with Crippen LogP contribution in [0, 0.1) is 0 Å². The van der Waals surface area contributed by atoms with Gasteiger partial charge < -0.3 is 15.5 Å². The Kier molecular flexibility index (Phi) is 5.12. The molecule has 3 rings (SSSR count). The van der Waals surface area contributed by atoms with Crippen LogP contribution in [0.15, 0.2) is 35.8 Å². The molecular formula is C17H22N4OS. The molecule has 2 aromatic rings. The Morgan fingerprint density at radius 2 is 2.17 bits per heavy atom. The minimum Gasteiger partial charge on any atom is -0.357 e. The van der Waals surface area contributed by atoms with Gasteiger partial charge in [-0.1, -0.05) is 12.1 Å². The molecule has 1 fully saturated rings. The summed E-state index contributed by atoms with van der Waals surface area (Å²) in [6.07, 6.45) is 4.33. The van der Waals surface area contributed by atoms with Crippen molar-refractivity contribution in [3.63, 3.8) is 0 Å². The van der Waals surface area contributed by atoms with Crippen LogP contribution in [0.3, 0.4) is 0 Å². The van der Waals surface area contributed by atoms with Crippen molar-refractivity contribution in [2.75, 3.05) is 18.0 Å². The van der Waals surface area contributed by atoms with Gasteiger partial charge in [0.2, 0.25) is 0 Å². The average Bonchev–Trinajstić information content (AvgIpc) is 3.26. The van der Waals surface area contributed by atoms with Crippen molar-refractivity contribution < 1.29 is 4.79 Å². The second-order valence-electron chi connectivity index (χ2n) is 5.78. The van der Waals surface area contributed by atoms with E-state index in [-0.39, 0.29) is 12.1 Å². The molecule has 23 heavy (non-hydrogen) atoms. The smallest absolute Gasteiger partial charge is 0.315 e. The van der Waals surface area contributed by atoms with Crippen LogP contribution in [0.2, 0.25) is 0 Å². The van der Waals surface area contributed by atoms with Gasteiger partial charge in [-0.15, -0.1) is 11.3 Å². The first-order chi connectivity index (χ1) is 11.2. The van der Waals surface area contributed by atoms with Crippen molar-refractivity contribution in [3.8, 4) is 0 Å². The van der Waals surface area contributed by atoms with Gasteiger partial charge in [0.15, 0.2) is 0 Å². The van der Waals surface area contributed by atoms with Crippen molar-refractivity contribution >= 4 is 23.2 Å². The van der Waals surface area contributed by atoms with Gasteiger partial charge in [0.25, 0.3) is 0 Å². The molecule has 0 radical (unpaired) electrons. The summed E-state index contributed by atoms with van der Waals surface area (Å²) in [6, 6.07) is 7.94. The highest BCUT2D eigenvalue weighted by Gasteiger charge is 2.13. The highest BCUT2D eigenvalue weighted by atomic mass is 32.1. The number of anilines is 1. The maximum atomic E-state index is 12.0. The number of hydrogen-bond acceptors (Lipinski definition) is 4. The number of thiophene rings is 1. The summed E-state index contributed by atoms with van der Waals surface area (Å²) in [5.41, 5.74) is 1.01. The molecule has 0 aliphatic carbocycles. The lowest BCUT2D eigenvalue weighted by Crippen LogP contribution is -2.36. The average molecular weight is 330 g/mol. The zero-order valence-electron chi connectivity index (χ0n) is 13.3. The zero-order chi connectivity index (χ0) is 16.1. The van der Waals surface area contributed by atoms with E-state index in [0.717, 1.165) is 29.3 Å². The molecule has 1 aliphatic rings. The Labute approximate surface area is 140 Å². The maximum absolute atomic E-state index is 12.0. The molecule has 6 heteroatoms. The number of rotatable bonds is 5. The molecule has 122 valence electrons. The molecule has 2 N–H and O–H groups in total. The van der Waals surface area contributed by atoms with Gasteiger partial charge in [0, 0.05) is 30.7 Å². The third kappa shape index (κ3) is 4.22. The molecule has 3 heterocycles. The molecule has 2 aromatic heterocycles. The second-order valence-corrected chi connectivity index (χ2v) is 6.76. The van der Waals surface area contributed by atoms with Crippen molar-refractivity contribution in [2.45, 2.75) is 32.4 Å². The van der Waals surface area contributed by atoms with Gasteiger partial charge in [-0.3, -0.25) is 0 Å². The molecular weight excluding hydrogens is 308 g/mol. The number of urea groups is 1. The lowest BCUT2D eigenvalue weighted by atomic mass is 10.2. The van der Waals surface area contributed by atoms with Gasteiger partial charge in [-0.2, -0.15) is 0 Å². The number of aromatic nitrogens is 1. The van der Waals surface area contributed by atoms with Gasteiger partial charge in [0.05, 0.1) is 6.04 Å². The fourth-order valence-corrected chi connectivity index (χ4v) is 3.43. The number of amides is 2. The van der Waals surface area contributed by atoms with E-state index in [2.05, 4.69) is 20.5 Å². The molecule has 0 aromatic carbocycles. The molecule has 1 saturated heterocycles. The quantitative estimate of drug-likeness (QED) is 0.884. The summed E-state index contributed by atoms with van der Waals surface area (Å²) >= 11 is 1.64. The van der Waals surface area contributed by atoms with Gasteiger partial charge in [-0.05, 0) is 42.8 Å². The lowest BCUT2D eigenvalue weighted by Gasteiger charge is -2.16. The summed E-state index contributed by atoms with van der Waals surface area (Å²) in [5, 5.41) is 7.84. The minimum atomic E-state index is -0.158. The van der Waals surface area contributed by atoms with E-state index in [0.29, 0.717) is 6.54 Å². The third-order valence-electron chi connectivity index (χ3n) is 4.01. The molecule has 0 unspecified atom stereocenters. The van der Waals surface area contributed by atoms with E-state index < -0.39 is 0 Å². The van der Waals surface area contributed by atoms with Crippen molar-refractivity contribution in [1.29, 1.82) is 0 Å². The van der Waals surface area contributed by atoms with Crippen LogP contribution in [0.4, 0.5) is 10.6 Å². The summed E-state index contributed by atoms with van der Waals surface area (Å²) < 4.78 is 0. The monoisotopic (exact) mass is 330 g/mol. The SMILES string of the molecule is C[C@H](NC(=O)NCc1ccc(N2CCCC2)nc1)c1cccs1. The van der Waals surface area contributed by atoms with Crippen LogP contribution >= 0.6 is 11.3 Å². The number of nitrogens with zero attached hydrogens (tertiary/aromatic N) is 2. The van der Waals surface area contributed by atoms with Crippen LogP contribution in [0.25, 0.3) is 0 Å². The number of nitrogens with one attached hydrogen (secondary N) is 2. The topological polar surface area (TPSA) is 57.3 Å². The van der Waals surface area contributed by atoms with Gasteiger partial charge in [0.1, 0.15) is 5.82 Å². The van der Waals surface area contributed by atoms with Gasteiger partial charge >= 0.3 is 6.03 Å². The fraction of sp³-hybridized carbons (Fsp3) is 0.412. The standard InChI is InChI=1S/C17H22N4OS/c1-13(15-5-4-10-23-15)20-17(22)19-12-14-6-7-16(18-11-14)21-8-2-3-9-21/h4-7,10-11,13H,2-3,8-9,12H2,1H3,(H2,19,20,22)/t13-/m0/s1. The molecule has 2 amide bonds. The van der Waals surface area contributed by atoms with E-state index in [1.807, 2.05) is 42.8 Å². The highest BCUT2D eigenvalue weighted by molar-refractivity contribution is 7.10. The Balaban J connectivity index is 1.47. The Morgan fingerprint density at radius 3 is 2.83 bits per heavy atom. The summed E-state index contributed by atoms with van der Waals surface area (Å²) in [7, 11) is 0. The number of carbonyl (C=O) groups excluding carboxylic acids is 1. The lowest BCUT2D eigenvalue weighted by molar-refractivity contribution is 0.237. The summed E-state index contributed by atoms with van der Waals surface area (Å²) in [5.74, 6) is 1.03. The second kappa shape index (κ2) is 7.46. The maximum Gasteiger partial charge on any atom is 0.315 e. The highest BCUT2D eigenvalue weighted by Crippen LogP contribution is 2.18. The number of hydrogen-bond donors (Lipinski definition) is 2. The first-order valence-corrected chi connectivity index (χ1v) is 8.88. The normalized spacial score (nSPS) is 15.4. The first kappa shape index (κ1) is 15.8. The van der Waals surface area contributed by atoms with Crippen LogP contribution in [0.1, 0.15) is 36.2 Å². The predicted octanol–water partition coefficient (Wildman–Crippen LogP) is 3.30. The Bertz CT molecular complexity index is 621. The molecule has 1 aliphatic heterocycles. The Morgan fingerprint density at radius 1 is 1.35 bits per heavy atom. The molecule has 0 spiro atoms. The van der Waals surface area contributed by atoms with E-state index in [9.17, 15) is 4.79 Å². The van der Waals surface area contributed by atoms with E-state index in [1.54, 1.807) is 11.3 Å². The van der Waals surface area contributed by atoms with Crippen LogP contribution in [-0.4, -0.2) is 24.1 Å². The predicted molar refractivity (Wildman–Crippen MR) is 93.8 cm³/mol. The minimum absolute atomic E-state index is 0.0191. The van der Waals surface area contributed by atoms with E-state index >= 15 is 0 Å².